The van der Waals surface area contributed by atoms with Crippen molar-refractivity contribution in [2.24, 2.45) is 0 Å². The summed E-state index contributed by atoms with van der Waals surface area (Å²) in [5.41, 5.74) is 3.60. The SMILES string of the molecule is CCCCN(CCCC)C(=O)c1cc(C)n(-c2ccc(NC(=O)c3cccc(Cl)c3O)cc2C(=O)N2Cc3ccccc3CC2O)n1. The molecule has 47 heavy (non-hydrogen) atoms. The smallest absolute Gasteiger partial charge is 0.274 e. The van der Waals surface area contributed by atoms with E-state index in [2.05, 4.69) is 24.3 Å². The largest absolute Gasteiger partial charge is 0.506 e. The number of aliphatic hydroxyl groups excluding tert-OH is 1. The topological polar surface area (TPSA) is 128 Å². The molecule has 3 aromatic carbocycles. The molecule has 1 aliphatic rings. The Hall–Kier alpha value is -4.67. The zero-order chi connectivity index (χ0) is 33.7. The first kappa shape index (κ1) is 33.7. The molecule has 0 aliphatic carbocycles. The van der Waals surface area contributed by atoms with E-state index < -0.39 is 18.0 Å². The van der Waals surface area contributed by atoms with Crippen LogP contribution in [-0.4, -0.2) is 66.8 Å². The number of carbonyl (C=O) groups excluding carboxylic acids is 3. The van der Waals surface area contributed by atoms with Crippen LogP contribution < -0.4 is 5.32 Å². The summed E-state index contributed by atoms with van der Waals surface area (Å²) in [6.45, 7) is 7.44. The molecule has 246 valence electrons. The van der Waals surface area contributed by atoms with Gasteiger partial charge >= 0.3 is 0 Å². The summed E-state index contributed by atoms with van der Waals surface area (Å²) >= 11 is 6.02. The van der Waals surface area contributed by atoms with Gasteiger partial charge < -0.3 is 25.3 Å². The summed E-state index contributed by atoms with van der Waals surface area (Å²) < 4.78 is 1.55. The minimum Gasteiger partial charge on any atom is -0.506 e. The highest BCUT2D eigenvalue weighted by atomic mass is 35.5. The average molecular weight is 658 g/mol. The molecular formula is C36H40ClN5O5. The number of rotatable bonds is 11. The summed E-state index contributed by atoms with van der Waals surface area (Å²) in [6, 6.07) is 18.6. The molecular weight excluding hydrogens is 618 g/mol. The number of aryl methyl sites for hydroxylation is 1. The number of aromatic nitrogens is 2. The number of halogens is 1. The van der Waals surface area contributed by atoms with Gasteiger partial charge in [0, 0.05) is 37.4 Å². The van der Waals surface area contributed by atoms with Gasteiger partial charge in [-0.15, -0.1) is 0 Å². The van der Waals surface area contributed by atoms with E-state index in [-0.39, 0.29) is 52.2 Å². The fourth-order valence-electron chi connectivity index (χ4n) is 5.73. The second-order valence-corrected chi connectivity index (χ2v) is 12.2. The number of aromatic hydroxyl groups is 1. The molecule has 1 aliphatic heterocycles. The normalized spacial score (nSPS) is 14.1. The van der Waals surface area contributed by atoms with E-state index in [1.165, 1.54) is 23.1 Å². The monoisotopic (exact) mass is 657 g/mol. The van der Waals surface area contributed by atoms with Gasteiger partial charge in [0.25, 0.3) is 17.7 Å². The Kier molecular flexibility index (Phi) is 10.6. The summed E-state index contributed by atoms with van der Waals surface area (Å²) in [5, 5.41) is 28.9. The van der Waals surface area contributed by atoms with Crippen molar-refractivity contribution in [3.8, 4) is 11.4 Å². The number of unbranched alkanes of at least 4 members (excludes halogenated alkanes) is 2. The lowest BCUT2D eigenvalue weighted by atomic mass is 9.97. The van der Waals surface area contributed by atoms with Crippen LogP contribution in [0.4, 0.5) is 5.69 Å². The number of amides is 3. The zero-order valence-electron chi connectivity index (χ0n) is 26.9. The molecule has 0 fully saturated rings. The van der Waals surface area contributed by atoms with E-state index in [0.29, 0.717) is 24.5 Å². The Labute approximate surface area is 279 Å². The Morgan fingerprint density at radius 2 is 1.66 bits per heavy atom. The van der Waals surface area contributed by atoms with Gasteiger partial charge in [0.05, 0.1) is 21.8 Å². The van der Waals surface area contributed by atoms with E-state index >= 15 is 0 Å². The number of hydrogen-bond acceptors (Lipinski definition) is 6. The lowest BCUT2D eigenvalue weighted by Crippen LogP contribution is -2.44. The molecule has 11 heteroatoms. The van der Waals surface area contributed by atoms with E-state index in [4.69, 9.17) is 11.6 Å². The van der Waals surface area contributed by atoms with Gasteiger partial charge in [-0.1, -0.05) is 68.6 Å². The molecule has 1 atom stereocenters. The van der Waals surface area contributed by atoms with Crippen molar-refractivity contribution in [3.05, 3.63) is 105 Å². The van der Waals surface area contributed by atoms with Gasteiger partial charge in [0.2, 0.25) is 0 Å². The highest BCUT2D eigenvalue weighted by Gasteiger charge is 2.31. The molecule has 2 heterocycles. The first-order valence-corrected chi connectivity index (χ1v) is 16.4. The van der Waals surface area contributed by atoms with Crippen LogP contribution in [0.15, 0.2) is 66.7 Å². The van der Waals surface area contributed by atoms with Crippen LogP contribution in [0.25, 0.3) is 5.69 Å². The van der Waals surface area contributed by atoms with Gasteiger partial charge in [-0.25, -0.2) is 4.68 Å². The predicted molar refractivity (Wildman–Crippen MR) is 181 cm³/mol. The first-order valence-electron chi connectivity index (χ1n) is 16.0. The van der Waals surface area contributed by atoms with Gasteiger partial charge in [0.1, 0.15) is 12.0 Å². The second-order valence-electron chi connectivity index (χ2n) is 11.8. The summed E-state index contributed by atoms with van der Waals surface area (Å²) in [7, 11) is 0. The molecule has 0 radical (unpaired) electrons. The van der Waals surface area contributed by atoms with E-state index in [1.807, 2.05) is 36.1 Å². The van der Waals surface area contributed by atoms with Crippen LogP contribution in [0.3, 0.4) is 0 Å². The molecule has 5 rings (SSSR count). The van der Waals surface area contributed by atoms with Crippen molar-refractivity contribution in [1.82, 2.24) is 19.6 Å². The Balaban J connectivity index is 1.54. The molecule has 3 amide bonds. The Morgan fingerprint density at radius 1 is 0.957 bits per heavy atom. The van der Waals surface area contributed by atoms with Gasteiger partial charge in [-0.05, 0) is 67.3 Å². The summed E-state index contributed by atoms with van der Waals surface area (Å²) in [6.07, 6.45) is 2.88. The van der Waals surface area contributed by atoms with E-state index in [0.717, 1.165) is 36.8 Å². The fourth-order valence-corrected chi connectivity index (χ4v) is 5.91. The van der Waals surface area contributed by atoms with Crippen molar-refractivity contribution in [2.45, 2.75) is 65.6 Å². The van der Waals surface area contributed by atoms with Crippen molar-refractivity contribution in [3.63, 3.8) is 0 Å². The molecule has 0 spiro atoms. The van der Waals surface area contributed by atoms with Crippen LogP contribution >= 0.6 is 11.6 Å². The van der Waals surface area contributed by atoms with Crippen LogP contribution in [0.2, 0.25) is 5.02 Å². The minimum atomic E-state index is -1.08. The van der Waals surface area contributed by atoms with Gasteiger partial charge in [0.15, 0.2) is 5.69 Å². The summed E-state index contributed by atoms with van der Waals surface area (Å²) in [4.78, 5) is 44.3. The highest BCUT2D eigenvalue weighted by molar-refractivity contribution is 6.32. The molecule has 1 aromatic heterocycles. The van der Waals surface area contributed by atoms with Crippen LogP contribution in [0, 0.1) is 6.92 Å². The number of phenols is 1. The number of hydrogen-bond donors (Lipinski definition) is 3. The maximum Gasteiger partial charge on any atom is 0.274 e. The predicted octanol–water partition coefficient (Wildman–Crippen LogP) is 6.35. The van der Waals surface area contributed by atoms with Crippen molar-refractivity contribution >= 4 is 35.0 Å². The number of aliphatic hydroxyl groups is 1. The number of fused-ring (bicyclic) bond motifs is 1. The lowest BCUT2D eigenvalue weighted by molar-refractivity contribution is -0.00173. The first-order chi connectivity index (χ1) is 22.6. The van der Waals surface area contributed by atoms with Gasteiger partial charge in [-0.2, -0.15) is 5.10 Å². The quantitative estimate of drug-likeness (QED) is 0.172. The third-order valence-corrected chi connectivity index (χ3v) is 8.69. The zero-order valence-corrected chi connectivity index (χ0v) is 27.6. The number of anilines is 1. The lowest BCUT2D eigenvalue weighted by Gasteiger charge is -2.34. The third-order valence-electron chi connectivity index (χ3n) is 8.38. The number of benzene rings is 3. The number of nitrogens with zero attached hydrogens (tertiary/aromatic N) is 4. The minimum absolute atomic E-state index is 0.0284. The molecule has 4 aromatic rings. The maximum atomic E-state index is 14.3. The summed E-state index contributed by atoms with van der Waals surface area (Å²) in [5.74, 6) is -1.62. The van der Waals surface area contributed by atoms with Crippen molar-refractivity contribution in [2.75, 3.05) is 18.4 Å². The molecule has 0 saturated carbocycles. The maximum absolute atomic E-state index is 14.3. The third kappa shape index (κ3) is 7.34. The Morgan fingerprint density at radius 3 is 2.36 bits per heavy atom. The number of nitrogens with one attached hydrogen (secondary N) is 1. The fraction of sp³-hybridized carbons (Fsp3) is 0.333. The van der Waals surface area contributed by atoms with Crippen LogP contribution in [0.1, 0.15) is 87.6 Å². The molecule has 1 unspecified atom stereocenters. The van der Waals surface area contributed by atoms with E-state index in [9.17, 15) is 24.6 Å². The molecule has 3 N–H and O–H groups in total. The molecule has 0 saturated heterocycles. The number of phenolic OH excluding ortho intramolecular Hbond substituents is 1. The Bertz CT molecular complexity index is 1780. The highest BCUT2D eigenvalue weighted by Crippen LogP contribution is 2.30. The van der Waals surface area contributed by atoms with Crippen molar-refractivity contribution in [1.29, 1.82) is 0 Å². The number of carbonyl (C=O) groups is 3. The van der Waals surface area contributed by atoms with Gasteiger partial charge in [-0.3, -0.25) is 14.4 Å². The molecule has 0 bridgehead atoms. The standard InChI is InChI=1S/C36H40ClN5O5/c1-4-6-17-40(18-7-5-2)36(47)30-19-23(3)42(39-30)31-16-15-26(38-34(45)27-13-10-14-29(37)33(27)44)21-28(31)35(46)41-22-25-12-9-8-11-24(25)20-32(41)43/h8-16,19,21,32,43-44H,4-7,17-18,20,22H2,1-3H3,(H,38,45). The average Bonchev–Trinajstić information content (AvgIpc) is 3.46. The van der Waals surface area contributed by atoms with Crippen LogP contribution in [-0.2, 0) is 13.0 Å². The van der Waals surface area contributed by atoms with E-state index in [1.54, 1.807) is 28.9 Å². The van der Waals surface area contributed by atoms with Crippen molar-refractivity contribution < 1.29 is 24.6 Å². The second kappa shape index (κ2) is 14.8. The van der Waals surface area contributed by atoms with Crippen LogP contribution in [0.5, 0.6) is 5.75 Å². The number of para-hydroxylation sites is 1. The molecule has 10 nitrogen and oxygen atoms in total.